The lowest BCUT2D eigenvalue weighted by atomic mass is 10.0. The van der Waals surface area contributed by atoms with Gasteiger partial charge >= 0.3 is 0 Å². The summed E-state index contributed by atoms with van der Waals surface area (Å²) in [6.07, 6.45) is 7.67. The molecule has 0 unspecified atom stereocenters. The first-order chi connectivity index (χ1) is 5.37. The molecule has 11 heavy (non-hydrogen) atoms. The zero-order valence-electron chi connectivity index (χ0n) is 5.91. The molecule has 2 rings (SSSR count). The van der Waals surface area contributed by atoms with Crippen LogP contribution in [-0.4, -0.2) is 9.97 Å². The summed E-state index contributed by atoms with van der Waals surface area (Å²) in [5.41, 5.74) is 0.675. The fourth-order valence-corrected chi connectivity index (χ4v) is 1.10. The molecule has 0 saturated heterocycles. The van der Waals surface area contributed by atoms with Crippen molar-refractivity contribution in [2.75, 3.05) is 0 Å². The highest BCUT2D eigenvalue weighted by molar-refractivity contribution is 5.35. The normalized spacial score (nSPS) is 18.8. The Labute approximate surface area is 64.7 Å². The second-order valence-corrected chi connectivity index (χ2v) is 2.77. The Balaban J connectivity index is 2.39. The van der Waals surface area contributed by atoms with Gasteiger partial charge < -0.3 is 0 Å². The van der Waals surface area contributed by atoms with E-state index in [1.807, 2.05) is 0 Å². The number of nitriles is 1. The van der Waals surface area contributed by atoms with Crippen molar-refractivity contribution in [1.29, 1.82) is 5.26 Å². The van der Waals surface area contributed by atoms with Crippen LogP contribution < -0.4 is 0 Å². The SMILES string of the molecule is N#CC1(c2cn[c]nc2)CC1. The molecular weight excluding hydrogens is 138 g/mol. The van der Waals surface area contributed by atoms with Crippen molar-refractivity contribution >= 4 is 0 Å². The van der Waals surface area contributed by atoms with E-state index in [9.17, 15) is 0 Å². The third kappa shape index (κ3) is 0.874. The quantitative estimate of drug-likeness (QED) is 0.586. The standard InChI is InChI=1S/C8H6N3/c9-5-8(1-2-8)7-3-10-6-11-4-7/h3-4H,1-2H2. The molecule has 1 aromatic rings. The van der Waals surface area contributed by atoms with E-state index in [1.54, 1.807) is 12.4 Å². The maximum absolute atomic E-state index is 8.79. The Morgan fingerprint density at radius 2 is 2.09 bits per heavy atom. The highest BCUT2D eigenvalue weighted by Crippen LogP contribution is 2.46. The van der Waals surface area contributed by atoms with Gasteiger partial charge in [0.25, 0.3) is 0 Å². The molecule has 0 atom stereocenters. The first kappa shape index (κ1) is 6.29. The maximum Gasteiger partial charge on any atom is 0.197 e. The highest BCUT2D eigenvalue weighted by atomic mass is 14.8. The number of hydrogen-bond donors (Lipinski definition) is 0. The minimum Gasteiger partial charge on any atom is -0.233 e. The van der Waals surface area contributed by atoms with Crippen LogP contribution in [0.5, 0.6) is 0 Å². The summed E-state index contributed by atoms with van der Waals surface area (Å²) in [6, 6.07) is 2.27. The molecule has 3 heteroatoms. The Hall–Kier alpha value is -1.43. The van der Waals surface area contributed by atoms with E-state index in [2.05, 4.69) is 22.4 Å². The molecule has 0 aliphatic heterocycles. The number of aromatic nitrogens is 2. The number of rotatable bonds is 1. The molecule has 1 heterocycles. The Kier molecular flexibility index (Phi) is 1.16. The summed E-state index contributed by atoms with van der Waals surface area (Å²) in [7, 11) is 0. The van der Waals surface area contributed by atoms with E-state index in [4.69, 9.17) is 5.26 Å². The molecule has 1 saturated carbocycles. The van der Waals surface area contributed by atoms with Crippen LogP contribution in [0.3, 0.4) is 0 Å². The van der Waals surface area contributed by atoms with Crippen LogP contribution in [-0.2, 0) is 5.41 Å². The largest absolute Gasteiger partial charge is 0.233 e. The lowest BCUT2D eigenvalue weighted by molar-refractivity contribution is 0.878. The lowest BCUT2D eigenvalue weighted by Crippen LogP contribution is -2.03. The zero-order chi connectivity index (χ0) is 7.73. The van der Waals surface area contributed by atoms with Crippen molar-refractivity contribution in [1.82, 2.24) is 9.97 Å². The molecule has 3 nitrogen and oxygen atoms in total. The first-order valence-electron chi connectivity index (χ1n) is 3.47. The van der Waals surface area contributed by atoms with Crippen LogP contribution >= 0.6 is 0 Å². The molecule has 1 aromatic heterocycles. The summed E-state index contributed by atoms with van der Waals surface area (Å²) < 4.78 is 0. The van der Waals surface area contributed by atoms with Gasteiger partial charge in [0.1, 0.15) is 0 Å². The van der Waals surface area contributed by atoms with E-state index in [1.165, 1.54) is 0 Å². The van der Waals surface area contributed by atoms with Gasteiger partial charge in [-0.25, -0.2) is 9.97 Å². The van der Waals surface area contributed by atoms with Gasteiger partial charge in [-0.1, -0.05) is 0 Å². The summed E-state index contributed by atoms with van der Waals surface area (Å²) in [4.78, 5) is 7.50. The van der Waals surface area contributed by atoms with Crippen molar-refractivity contribution < 1.29 is 0 Å². The van der Waals surface area contributed by atoms with Gasteiger partial charge in [-0.3, -0.25) is 0 Å². The van der Waals surface area contributed by atoms with E-state index in [-0.39, 0.29) is 5.41 Å². The Morgan fingerprint density at radius 1 is 1.45 bits per heavy atom. The summed E-state index contributed by atoms with van der Waals surface area (Å²) in [5.74, 6) is 0. The van der Waals surface area contributed by atoms with Crippen LogP contribution in [0.1, 0.15) is 18.4 Å². The Bertz CT molecular complexity index is 295. The van der Waals surface area contributed by atoms with Crippen molar-refractivity contribution in [2.24, 2.45) is 0 Å². The third-order valence-electron chi connectivity index (χ3n) is 2.04. The average Bonchev–Trinajstić information content (AvgIpc) is 2.86. The minimum atomic E-state index is -0.255. The predicted octanol–water partition coefficient (Wildman–Crippen LogP) is 0.832. The zero-order valence-corrected chi connectivity index (χ0v) is 5.91. The summed E-state index contributed by atoms with van der Waals surface area (Å²) in [6.45, 7) is 0. The maximum atomic E-state index is 8.79. The molecule has 0 spiro atoms. The van der Waals surface area contributed by atoms with Gasteiger partial charge in [-0.05, 0) is 12.8 Å². The molecule has 0 amide bonds. The molecule has 0 N–H and O–H groups in total. The van der Waals surface area contributed by atoms with E-state index in [0.717, 1.165) is 18.4 Å². The van der Waals surface area contributed by atoms with Gasteiger partial charge in [0, 0.05) is 18.0 Å². The summed E-state index contributed by atoms with van der Waals surface area (Å²) >= 11 is 0. The molecule has 1 fully saturated rings. The Morgan fingerprint density at radius 3 is 2.55 bits per heavy atom. The molecular formula is C8H6N3. The molecule has 0 aromatic carbocycles. The highest BCUT2D eigenvalue weighted by Gasteiger charge is 2.45. The molecule has 0 bridgehead atoms. The fraction of sp³-hybridized carbons (Fsp3) is 0.375. The van der Waals surface area contributed by atoms with Gasteiger partial charge in [0.2, 0.25) is 0 Å². The van der Waals surface area contributed by atoms with E-state index in [0.29, 0.717) is 0 Å². The predicted molar refractivity (Wildman–Crippen MR) is 37.4 cm³/mol. The van der Waals surface area contributed by atoms with Gasteiger partial charge in [-0.15, -0.1) is 0 Å². The van der Waals surface area contributed by atoms with Gasteiger partial charge in [0.15, 0.2) is 6.33 Å². The minimum absolute atomic E-state index is 0.255. The topological polar surface area (TPSA) is 49.6 Å². The molecule has 53 valence electrons. The lowest BCUT2D eigenvalue weighted by Gasteiger charge is -2.01. The van der Waals surface area contributed by atoms with Crippen LogP contribution in [0.4, 0.5) is 0 Å². The monoisotopic (exact) mass is 144 g/mol. The van der Waals surface area contributed by atoms with Crippen molar-refractivity contribution in [3.8, 4) is 6.07 Å². The van der Waals surface area contributed by atoms with E-state index >= 15 is 0 Å². The van der Waals surface area contributed by atoms with Gasteiger partial charge in [0.05, 0.1) is 11.5 Å². The average molecular weight is 144 g/mol. The van der Waals surface area contributed by atoms with Crippen LogP contribution in [0.25, 0.3) is 0 Å². The van der Waals surface area contributed by atoms with E-state index < -0.39 is 0 Å². The van der Waals surface area contributed by atoms with Crippen molar-refractivity contribution in [2.45, 2.75) is 18.3 Å². The molecule has 1 radical (unpaired) electrons. The smallest absolute Gasteiger partial charge is 0.197 e. The third-order valence-corrected chi connectivity index (χ3v) is 2.04. The number of hydrogen-bond acceptors (Lipinski definition) is 3. The van der Waals surface area contributed by atoms with Crippen molar-refractivity contribution in [3.63, 3.8) is 0 Å². The first-order valence-corrected chi connectivity index (χ1v) is 3.47. The summed E-state index contributed by atoms with van der Waals surface area (Å²) in [5, 5.41) is 8.79. The van der Waals surface area contributed by atoms with Crippen LogP contribution in [0.15, 0.2) is 12.4 Å². The number of nitrogens with zero attached hydrogens (tertiary/aromatic N) is 3. The second kappa shape index (κ2) is 2.03. The van der Waals surface area contributed by atoms with Crippen molar-refractivity contribution in [3.05, 3.63) is 24.3 Å². The second-order valence-electron chi connectivity index (χ2n) is 2.77. The molecule has 1 aliphatic rings. The molecule has 1 aliphatic carbocycles. The van der Waals surface area contributed by atoms with Crippen LogP contribution in [0.2, 0.25) is 0 Å². The van der Waals surface area contributed by atoms with Crippen LogP contribution in [0, 0.1) is 17.7 Å². The van der Waals surface area contributed by atoms with Gasteiger partial charge in [-0.2, -0.15) is 5.26 Å². The fourth-order valence-electron chi connectivity index (χ4n) is 1.10.